The van der Waals surface area contributed by atoms with Crippen LogP contribution in [0.15, 0.2) is 71.6 Å². The summed E-state index contributed by atoms with van der Waals surface area (Å²) in [4.78, 5) is 29.3. The van der Waals surface area contributed by atoms with Crippen molar-refractivity contribution in [2.24, 2.45) is 0 Å². The van der Waals surface area contributed by atoms with E-state index in [-0.39, 0.29) is 17.3 Å². The van der Waals surface area contributed by atoms with Gasteiger partial charge < -0.3 is 10.2 Å². The van der Waals surface area contributed by atoms with Crippen LogP contribution in [0.4, 0.5) is 5.69 Å². The zero-order valence-electron chi connectivity index (χ0n) is 25.5. The molecule has 8 heteroatoms. The van der Waals surface area contributed by atoms with Gasteiger partial charge in [-0.15, -0.1) is 0 Å². The van der Waals surface area contributed by atoms with Gasteiger partial charge in [-0.1, -0.05) is 60.5 Å². The van der Waals surface area contributed by atoms with E-state index >= 15 is 0 Å². The quantitative estimate of drug-likeness (QED) is 0.328. The summed E-state index contributed by atoms with van der Waals surface area (Å²) in [5.41, 5.74) is 4.48. The number of carbonyl (C=O) groups excluding carboxylic acids is 2. The maximum absolute atomic E-state index is 14.2. The first-order valence-electron chi connectivity index (χ1n) is 14.0. The van der Waals surface area contributed by atoms with Gasteiger partial charge >= 0.3 is 0 Å². The fourth-order valence-electron chi connectivity index (χ4n) is 4.84. The largest absolute Gasteiger partial charge is 0.350 e. The van der Waals surface area contributed by atoms with Crippen molar-refractivity contribution in [3.8, 4) is 0 Å². The van der Waals surface area contributed by atoms with Crippen LogP contribution < -0.4 is 9.62 Å². The fourth-order valence-corrected chi connectivity index (χ4v) is 6.24. The number of nitrogens with one attached hydrogen (secondary N) is 1. The minimum Gasteiger partial charge on any atom is -0.350 e. The third-order valence-electron chi connectivity index (χ3n) is 6.70. The van der Waals surface area contributed by atoms with Crippen LogP contribution >= 0.6 is 0 Å². The summed E-state index contributed by atoms with van der Waals surface area (Å²) in [6.07, 6.45) is 0.369. The molecule has 0 unspecified atom stereocenters. The summed E-state index contributed by atoms with van der Waals surface area (Å²) >= 11 is 0. The van der Waals surface area contributed by atoms with Crippen LogP contribution in [0.2, 0.25) is 0 Å². The lowest BCUT2D eigenvalue weighted by atomic mass is 10.0. The molecule has 0 aromatic heterocycles. The van der Waals surface area contributed by atoms with Gasteiger partial charge in [-0.3, -0.25) is 13.9 Å². The van der Waals surface area contributed by atoms with E-state index < -0.39 is 34.1 Å². The Morgan fingerprint density at radius 1 is 0.829 bits per heavy atom. The highest BCUT2D eigenvalue weighted by Crippen LogP contribution is 2.27. The average molecular weight is 578 g/mol. The maximum atomic E-state index is 14.2. The zero-order chi connectivity index (χ0) is 30.5. The van der Waals surface area contributed by atoms with Crippen LogP contribution in [0, 0.1) is 27.7 Å². The van der Waals surface area contributed by atoms with Gasteiger partial charge in [0.2, 0.25) is 11.8 Å². The molecule has 3 rings (SSSR count). The highest BCUT2D eigenvalue weighted by molar-refractivity contribution is 7.92. The van der Waals surface area contributed by atoms with Crippen LogP contribution in [0.1, 0.15) is 61.9 Å². The van der Waals surface area contributed by atoms with Gasteiger partial charge in [-0.25, -0.2) is 8.42 Å². The molecule has 7 nitrogen and oxygen atoms in total. The van der Waals surface area contributed by atoms with Crippen molar-refractivity contribution in [2.45, 2.75) is 84.8 Å². The summed E-state index contributed by atoms with van der Waals surface area (Å²) in [6, 6.07) is 19.0. The van der Waals surface area contributed by atoms with E-state index in [1.54, 1.807) is 36.4 Å². The lowest BCUT2D eigenvalue weighted by Gasteiger charge is -2.35. The molecular weight excluding hydrogens is 534 g/mol. The van der Waals surface area contributed by atoms with Crippen molar-refractivity contribution in [1.82, 2.24) is 10.2 Å². The Labute approximate surface area is 245 Å². The Kier molecular flexibility index (Phi) is 10.0. The molecule has 0 spiro atoms. The Balaban J connectivity index is 2.11. The van der Waals surface area contributed by atoms with Crippen molar-refractivity contribution < 1.29 is 18.0 Å². The topological polar surface area (TPSA) is 86.8 Å². The lowest BCUT2D eigenvalue weighted by molar-refractivity contribution is -0.141. The van der Waals surface area contributed by atoms with E-state index in [2.05, 4.69) is 5.32 Å². The molecule has 0 saturated heterocycles. The molecule has 0 radical (unpaired) electrons. The smallest absolute Gasteiger partial charge is 0.264 e. The van der Waals surface area contributed by atoms with Crippen molar-refractivity contribution in [3.05, 3.63) is 94.5 Å². The molecule has 0 saturated carbocycles. The standard InChI is InChI=1S/C33H43N3O4S/c1-9-30(32(38)34-33(6,7)8)35(21-27-12-10-11-24(3)18-27)31(37)22-36(28-19-25(4)17-26(5)20-28)41(39,40)29-15-13-23(2)14-16-29/h10-20,30H,9,21-22H2,1-8H3,(H,34,38)/t30-/m1/s1. The molecule has 1 atom stereocenters. The van der Waals surface area contributed by atoms with Gasteiger partial charge in [0.1, 0.15) is 12.6 Å². The number of benzene rings is 3. The first-order valence-corrected chi connectivity index (χ1v) is 15.4. The van der Waals surface area contributed by atoms with Crippen LogP contribution in [-0.2, 0) is 26.2 Å². The Morgan fingerprint density at radius 3 is 1.98 bits per heavy atom. The van der Waals surface area contributed by atoms with E-state index in [4.69, 9.17) is 0 Å². The number of carbonyl (C=O) groups is 2. The number of anilines is 1. The Bertz CT molecular complexity index is 1470. The van der Waals surface area contributed by atoms with Crippen LogP contribution in [0.25, 0.3) is 0 Å². The normalized spacial score (nSPS) is 12.5. The molecular formula is C33H43N3O4S. The minimum atomic E-state index is -4.11. The number of amides is 2. The van der Waals surface area contributed by atoms with E-state index in [0.29, 0.717) is 12.1 Å². The number of hydrogen-bond donors (Lipinski definition) is 1. The lowest BCUT2D eigenvalue weighted by Crippen LogP contribution is -2.55. The van der Waals surface area contributed by atoms with Gasteiger partial charge in [-0.2, -0.15) is 0 Å². The predicted octanol–water partition coefficient (Wildman–Crippen LogP) is 5.84. The summed E-state index contributed by atoms with van der Waals surface area (Å²) in [5, 5.41) is 3.00. The third-order valence-corrected chi connectivity index (χ3v) is 8.49. The molecule has 41 heavy (non-hydrogen) atoms. The van der Waals surface area contributed by atoms with E-state index in [0.717, 1.165) is 32.1 Å². The molecule has 2 amide bonds. The molecule has 3 aromatic carbocycles. The Hall–Kier alpha value is -3.65. The van der Waals surface area contributed by atoms with Gasteiger partial charge in [0.05, 0.1) is 10.6 Å². The number of nitrogens with zero attached hydrogens (tertiary/aromatic N) is 2. The van der Waals surface area contributed by atoms with Gasteiger partial charge in [0.15, 0.2) is 0 Å². The summed E-state index contributed by atoms with van der Waals surface area (Å²) < 4.78 is 29.3. The third kappa shape index (κ3) is 8.43. The van der Waals surface area contributed by atoms with E-state index in [1.807, 2.05) is 85.7 Å². The average Bonchev–Trinajstić information content (AvgIpc) is 2.85. The number of hydrogen-bond acceptors (Lipinski definition) is 4. The summed E-state index contributed by atoms with van der Waals surface area (Å²) in [5.74, 6) is -0.738. The molecule has 0 aliphatic rings. The minimum absolute atomic E-state index is 0.0952. The Morgan fingerprint density at radius 2 is 1.44 bits per heavy atom. The molecule has 0 fully saturated rings. The van der Waals surface area contributed by atoms with Gasteiger partial charge in [0, 0.05) is 12.1 Å². The van der Waals surface area contributed by atoms with Crippen molar-refractivity contribution in [1.29, 1.82) is 0 Å². The highest BCUT2D eigenvalue weighted by atomic mass is 32.2. The zero-order valence-corrected chi connectivity index (χ0v) is 26.3. The predicted molar refractivity (Wildman–Crippen MR) is 165 cm³/mol. The van der Waals surface area contributed by atoms with Crippen LogP contribution in [0.5, 0.6) is 0 Å². The first-order chi connectivity index (χ1) is 19.1. The molecule has 0 aliphatic carbocycles. The number of aryl methyl sites for hydroxylation is 4. The van der Waals surface area contributed by atoms with Crippen molar-refractivity contribution in [2.75, 3.05) is 10.8 Å². The van der Waals surface area contributed by atoms with E-state index in [1.165, 1.54) is 4.90 Å². The van der Waals surface area contributed by atoms with E-state index in [9.17, 15) is 18.0 Å². The van der Waals surface area contributed by atoms with Gasteiger partial charge in [0.25, 0.3) is 10.0 Å². The van der Waals surface area contributed by atoms with Crippen molar-refractivity contribution in [3.63, 3.8) is 0 Å². The number of sulfonamides is 1. The molecule has 0 aliphatic heterocycles. The summed E-state index contributed by atoms with van der Waals surface area (Å²) in [6.45, 7) is 14.9. The fraction of sp³-hybridized carbons (Fsp3) is 0.394. The summed E-state index contributed by atoms with van der Waals surface area (Å²) in [7, 11) is -4.11. The molecule has 3 aromatic rings. The van der Waals surface area contributed by atoms with Crippen LogP contribution in [0.3, 0.4) is 0 Å². The monoisotopic (exact) mass is 577 g/mol. The highest BCUT2D eigenvalue weighted by Gasteiger charge is 2.34. The molecule has 0 bridgehead atoms. The number of rotatable bonds is 10. The second kappa shape index (κ2) is 12.9. The maximum Gasteiger partial charge on any atom is 0.264 e. The SMILES string of the molecule is CC[C@H](C(=O)NC(C)(C)C)N(Cc1cccc(C)c1)C(=O)CN(c1cc(C)cc(C)c1)S(=O)(=O)c1ccc(C)cc1. The second-order valence-corrected chi connectivity index (χ2v) is 13.7. The molecule has 220 valence electrons. The molecule has 1 N–H and O–H groups in total. The molecule has 0 heterocycles. The second-order valence-electron chi connectivity index (χ2n) is 11.8. The van der Waals surface area contributed by atoms with Crippen LogP contribution in [-0.4, -0.2) is 43.3 Å². The van der Waals surface area contributed by atoms with Gasteiger partial charge in [-0.05, 0) is 95.8 Å². The van der Waals surface area contributed by atoms with Crippen molar-refractivity contribution >= 4 is 27.5 Å². The first kappa shape index (κ1) is 31.9.